The highest BCUT2D eigenvalue weighted by Gasteiger charge is 2.36. The second-order valence-corrected chi connectivity index (χ2v) is 6.14. The SMILES string of the molecule is CC(C)(C)OC(=O)[C@@H](Cc1ccccc1)N/C=C\C(=O)C(F)(F)F. The Morgan fingerprint density at radius 1 is 1.17 bits per heavy atom. The van der Waals surface area contributed by atoms with Crippen LogP contribution >= 0.6 is 0 Å². The highest BCUT2D eigenvalue weighted by Crippen LogP contribution is 2.16. The third-order valence-corrected chi connectivity index (χ3v) is 2.79. The molecule has 0 saturated carbocycles. The molecule has 0 aromatic heterocycles. The van der Waals surface area contributed by atoms with Crippen LogP contribution in [0.4, 0.5) is 13.2 Å². The van der Waals surface area contributed by atoms with Gasteiger partial charge < -0.3 is 10.1 Å². The van der Waals surface area contributed by atoms with Crippen LogP contribution in [0.3, 0.4) is 0 Å². The van der Waals surface area contributed by atoms with E-state index in [2.05, 4.69) is 5.32 Å². The Balaban J connectivity index is 2.83. The van der Waals surface area contributed by atoms with Gasteiger partial charge in [-0.05, 0) is 26.3 Å². The van der Waals surface area contributed by atoms with Crippen LogP contribution in [0.1, 0.15) is 26.3 Å². The van der Waals surface area contributed by atoms with E-state index in [1.807, 2.05) is 0 Å². The average molecular weight is 343 g/mol. The summed E-state index contributed by atoms with van der Waals surface area (Å²) in [7, 11) is 0. The highest BCUT2D eigenvalue weighted by atomic mass is 19.4. The Kier molecular flexibility index (Phi) is 6.57. The number of halogens is 3. The lowest BCUT2D eigenvalue weighted by Gasteiger charge is -2.24. The van der Waals surface area contributed by atoms with Gasteiger partial charge >= 0.3 is 12.1 Å². The van der Waals surface area contributed by atoms with Gasteiger partial charge in [0.05, 0.1) is 0 Å². The zero-order valence-electron chi connectivity index (χ0n) is 13.7. The minimum absolute atomic E-state index is 0.209. The van der Waals surface area contributed by atoms with E-state index < -0.39 is 29.6 Å². The topological polar surface area (TPSA) is 55.4 Å². The fraction of sp³-hybridized carbons (Fsp3) is 0.412. The molecule has 0 saturated heterocycles. The Bertz CT molecular complexity index is 589. The molecule has 7 heteroatoms. The highest BCUT2D eigenvalue weighted by molar-refractivity contribution is 5.94. The number of allylic oxidation sites excluding steroid dienone is 1. The van der Waals surface area contributed by atoms with Crippen LogP contribution in [-0.4, -0.2) is 29.6 Å². The van der Waals surface area contributed by atoms with Gasteiger partial charge in [-0.25, -0.2) is 4.79 Å². The molecule has 0 spiro atoms. The standard InChI is InChI=1S/C17H20F3NO3/c1-16(2,3)24-15(23)13(11-12-7-5-4-6-8-12)21-10-9-14(22)17(18,19)20/h4-10,13,21H,11H2,1-3H3/b10-9-/t13-/m1/s1. The van der Waals surface area contributed by atoms with Gasteiger partial charge in [0.1, 0.15) is 11.6 Å². The molecule has 0 fully saturated rings. The molecule has 1 aromatic rings. The number of hydrogen-bond donors (Lipinski definition) is 1. The quantitative estimate of drug-likeness (QED) is 0.637. The number of carbonyl (C=O) groups excluding carboxylic acids is 2. The molecule has 0 aliphatic carbocycles. The van der Waals surface area contributed by atoms with Gasteiger partial charge in [0.15, 0.2) is 0 Å². The Morgan fingerprint density at radius 3 is 2.25 bits per heavy atom. The van der Waals surface area contributed by atoms with Crippen molar-refractivity contribution in [1.29, 1.82) is 0 Å². The first-order valence-corrected chi connectivity index (χ1v) is 7.29. The number of esters is 1. The molecule has 0 bridgehead atoms. The van der Waals surface area contributed by atoms with E-state index in [-0.39, 0.29) is 6.42 Å². The number of alkyl halides is 3. The maximum Gasteiger partial charge on any atom is 0.454 e. The van der Waals surface area contributed by atoms with Gasteiger partial charge in [0.25, 0.3) is 5.78 Å². The summed E-state index contributed by atoms with van der Waals surface area (Å²) in [6.45, 7) is 5.06. The number of rotatable bonds is 6. The number of ether oxygens (including phenoxy) is 1. The van der Waals surface area contributed by atoms with Crippen molar-refractivity contribution >= 4 is 11.8 Å². The van der Waals surface area contributed by atoms with E-state index >= 15 is 0 Å². The summed E-state index contributed by atoms with van der Waals surface area (Å²) in [5.74, 6) is -2.62. The summed E-state index contributed by atoms with van der Waals surface area (Å²) < 4.78 is 41.8. The molecule has 24 heavy (non-hydrogen) atoms. The van der Waals surface area contributed by atoms with E-state index in [1.54, 1.807) is 51.1 Å². The Morgan fingerprint density at radius 2 is 1.75 bits per heavy atom. The lowest BCUT2D eigenvalue weighted by molar-refractivity contribution is -0.165. The van der Waals surface area contributed by atoms with Crippen LogP contribution in [-0.2, 0) is 20.7 Å². The van der Waals surface area contributed by atoms with Gasteiger partial charge in [0, 0.05) is 18.7 Å². The van der Waals surface area contributed by atoms with Crippen LogP contribution in [0.25, 0.3) is 0 Å². The van der Waals surface area contributed by atoms with Crippen LogP contribution in [0.2, 0.25) is 0 Å². The maximum absolute atomic E-state index is 12.2. The molecular weight excluding hydrogens is 323 g/mol. The molecule has 4 nitrogen and oxygen atoms in total. The van der Waals surface area contributed by atoms with Gasteiger partial charge in [-0.3, -0.25) is 4.79 Å². The van der Waals surface area contributed by atoms with Crippen LogP contribution in [0.5, 0.6) is 0 Å². The van der Waals surface area contributed by atoms with E-state index in [1.165, 1.54) is 0 Å². The van der Waals surface area contributed by atoms with Crippen molar-refractivity contribution in [3.63, 3.8) is 0 Å². The molecule has 0 aliphatic heterocycles. The normalized spacial score (nSPS) is 13.6. The number of nitrogens with one attached hydrogen (secondary N) is 1. The summed E-state index contributed by atoms with van der Waals surface area (Å²) in [5.41, 5.74) is 0.0653. The lowest BCUT2D eigenvalue weighted by Crippen LogP contribution is -2.40. The largest absolute Gasteiger partial charge is 0.458 e. The summed E-state index contributed by atoms with van der Waals surface area (Å²) in [6, 6.07) is 8.02. The van der Waals surface area contributed by atoms with Crippen molar-refractivity contribution in [1.82, 2.24) is 5.32 Å². The van der Waals surface area contributed by atoms with Gasteiger partial charge in [-0.15, -0.1) is 0 Å². The lowest BCUT2D eigenvalue weighted by atomic mass is 10.1. The van der Waals surface area contributed by atoms with Gasteiger partial charge in [-0.1, -0.05) is 30.3 Å². The second kappa shape index (κ2) is 7.99. The minimum Gasteiger partial charge on any atom is -0.458 e. The summed E-state index contributed by atoms with van der Waals surface area (Å²) in [5, 5.41) is 2.52. The molecule has 0 unspecified atom stereocenters. The first-order chi connectivity index (χ1) is 11.0. The van der Waals surface area contributed by atoms with Crippen molar-refractivity contribution in [3.8, 4) is 0 Å². The number of ketones is 1. The van der Waals surface area contributed by atoms with Crippen LogP contribution < -0.4 is 5.32 Å². The molecule has 132 valence electrons. The maximum atomic E-state index is 12.2. The van der Waals surface area contributed by atoms with Gasteiger partial charge in [0.2, 0.25) is 0 Å². The first-order valence-electron chi connectivity index (χ1n) is 7.29. The average Bonchev–Trinajstić information content (AvgIpc) is 2.44. The zero-order chi connectivity index (χ0) is 18.4. The second-order valence-electron chi connectivity index (χ2n) is 6.14. The van der Waals surface area contributed by atoms with Gasteiger partial charge in [-0.2, -0.15) is 13.2 Å². The van der Waals surface area contributed by atoms with Crippen molar-refractivity contribution in [2.75, 3.05) is 0 Å². The van der Waals surface area contributed by atoms with Crippen molar-refractivity contribution in [2.45, 2.75) is 45.0 Å². The number of benzene rings is 1. The predicted octanol–water partition coefficient (Wildman–Crippen LogP) is 3.17. The molecule has 0 heterocycles. The third-order valence-electron chi connectivity index (χ3n) is 2.79. The number of hydrogen-bond acceptors (Lipinski definition) is 4. The fourth-order valence-corrected chi connectivity index (χ4v) is 1.77. The Labute approximate surface area is 138 Å². The van der Waals surface area contributed by atoms with E-state index in [9.17, 15) is 22.8 Å². The molecule has 1 aromatic carbocycles. The fourth-order valence-electron chi connectivity index (χ4n) is 1.77. The molecular formula is C17H20F3NO3. The smallest absolute Gasteiger partial charge is 0.454 e. The van der Waals surface area contributed by atoms with Crippen molar-refractivity contribution in [3.05, 3.63) is 48.2 Å². The molecule has 1 atom stereocenters. The van der Waals surface area contributed by atoms with E-state index in [0.717, 1.165) is 11.8 Å². The summed E-state index contributed by atoms with van der Waals surface area (Å²) in [4.78, 5) is 23.0. The zero-order valence-corrected chi connectivity index (χ0v) is 13.7. The molecule has 1 rings (SSSR count). The Hall–Kier alpha value is -2.31. The third kappa shape index (κ3) is 7.30. The molecule has 0 amide bonds. The first kappa shape index (κ1) is 19.7. The van der Waals surface area contributed by atoms with Crippen molar-refractivity contribution in [2.24, 2.45) is 0 Å². The van der Waals surface area contributed by atoms with E-state index in [4.69, 9.17) is 4.74 Å². The minimum atomic E-state index is -4.95. The molecule has 0 radical (unpaired) electrons. The van der Waals surface area contributed by atoms with Crippen LogP contribution in [0.15, 0.2) is 42.6 Å². The predicted molar refractivity (Wildman–Crippen MR) is 83.1 cm³/mol. The summed E-state index contributed by atoms with van der Waals surface area (Å²) in [6.07, 6.45) is -3.56. The van der Waals surface area contributed by atoms with Crippen molar-refractivity contribution < 1.29 is 27.5 Å². The monoisotopic (exact) mass is 343 g/mol. The molecule has 1 N–H and O–H groups in total. The van der Waals surface area contributed by atoms with E-state index in [0.29, 0.717) is 6.08 Å². The summed E-state index contributed by atoms with van der Waals surface area (Å²) >= 11 is 0. The number of carbonyl (C=O) groups is 2. The van der Waals surface area contributed by atoms with Crippen LogP contribution in [0, 0.1) is 0 Å². The molecule has 0 aliphatic rings.